The van der Waals surface area contributed by atoms with Crippen LogP contribution >= 0.6 is 0 Å². The quantitative estimate of drug-likeness (QED) is 0.161. The minimum absolute atomic E-state index is 0.00787. The van der Waals surface area contributed by atoms with Crippen molar-refractivity contribution in [3.05, 3.63) is 130 Å². The van der Waals surface area contributed by atoms with Crippen molar-refractivity contribution in [3.8, 4) is 0 Å². The highest BCUT2D eigenvalue weighted by atomic mass is 19.4. The molecule has 0 aliphatic heterocycles. The topological polar surface area (TPSA) is 86.2 Å². The van der Waals surface area contributed by atoms with E-state index >= 15 is 0 Å². The second-order valence-corrected chi connectivity index (χ2v) is 8.82. The summed E-state index contributed by atoms with van der Waals surface area (Å²) in [6.45, 7) is 0. The number of alkyl halides is 6. The summed E-state index contributed by atoms with van der Waals surface area (Å²) in [5, 5.41) is 0. The zero-order chi connectivity index (χ0) is 28.6. The molecule has 0 unspecified atom stereocenters. The van der Waals surface area contributed by atoms with E-state index in [1.54, 1.807) is 0 Å². The van der Waals surface area contributed by atoms with Crippen molar-refractivity contribution in [2.24, 2.45) is 0 Å². The molecule has 4 aromatic carbocycles. The average molecular weight is 542 g/mol. The summed E-state index contributed by atoms with van der Waals surface area (Å²) < 4.78 is 88.4. The molecule has 200 valence electrons. The fraction of sp³-hybridized carbons (Fsp3) is 0.103. The Morgan fingerprint density at radius 1 is 0.487 bits per heavy atom. The molecule has 4 N–H and O–H groups in total. The lowest BCUT2D eigenvalue weighted by Gasteiger charge is -2.38. The summed E-state index contributed by atoms with van der Waals surface area (Å²) in [5.41, 5.74) is 3.89. The van der Waals surface area contributed by atoms with E-state index < -0.39 is 51.6 Å². The summed E-state index contributed by atoms with van der Waals surface area (Å²) >= 11 is 0. The smallest absolute Gasteiger partial charge is 0.399 e. The number of carbonyl (C=O) groups excluding carboxylic acids is 2. The van der Waals surface area contributed by atoms with Gasteiger partial charge in [-0.2, -0.15) is 26.3 Å². The van der Waals surface area contributed by atoms with E-state index in [2.05, 4.69) is 0 Å². The van der Waals surface area contributed by atoms with E-state index in [9.17, 15) is 35.9 Å². The molecule has 0 fully saturated rings. The number of carbonyl (C=O) groups is 2. The number of hydrogen-bond acceptors (Lipinski definition) is 4. The lowest BCUT2D eigenvalue weighted by Crippen LogP contribution is -2.54. The molecule has 0 atom stereocenters. The maximum absolute atomic E-state index is 14.7. The molecule has 0 bridgehead atoms. The monoisotopic (exact) mass is 542 g/mol. The highest BCUT2D eigenvalue weighted by Crippen LogP contribution is 2.56. The highest BCUT2D eigenvalue weighted by Gasteiger charge is 2.72. The predicted octanol–water partition coefficient (Wildman–Crippen LogP) is 6.72. The van der Waals surface area contributed by atoms with E-state index in [-0.39, 0.29) is 22.5 Å². The van der Waals surface area contributed by atoms with Crippen LogP contribution in [0.2, 0.25) is 0 Å². The molecular formula is C29H20F6N2O2. The normalized spacial score (nSPS) is 12.3. The Bertz CT molecular complexity index is 1440. The first kappa shape index (κ1) is 27.4. The molecule has 0 aromatic heterocycles. The predicted molar refractivity (Wildman–Crippen MR) is 134 cm³/mol. The number of anilines is 2. The molecule has 0 amide bonds. The molecule has 0 spiro atoms. The minimum Gasteiger partial charge on any atom is -0.399 e. The third-order valence-corrected chi connectivity index (χ3v) is 6.26. The molecule has 4 rings (SSSR count). The lowest BCUT2D eigenvalue weighted by molar-refractivity contribution is -0.288. The van der Waals surface area contributed by atoms with Crippen molar-refractivity contribution in [2.45, 2.75) is 17.8 Å². The maximum Gasteiger partial charge on any atom is 0.411 e. The second kappa shape index (κ2) is 9.94. The van der Waals surface area contributed by atoms with E-state index in [0.29, 0.717) is 24.3 Å². The van der Waals surface area contributed by atoms with Crippen molar-refractivity contribution in [1.82, 2.24) is 0 Å². The molecule has 10 heteroatoms. The van der Waals surface area contributed by atoms with E-state index in [4.69, 9.17) is 11.5 Å². The van der Waals surface area contributed by atoms with Crippen molar-refractivity contribution < 1.29 is 35.9 Å². The van der Waals surface area contributed by atoms with Gasteiger partial charge in [0.05, 0.1) is 0 Å². The zero-order valence-corrected chi connectivity index (χ0v) is 20.0. The first-order valence-corrected chi connectivity index (χ1v) is 11.4. The summed E-state index contributed by atoms with van der Waals surface area (Å²) in [6, 6.07) is 17.6. The number of nitrogens with two attached hydrogens (primary N) is 2. The minimum atomic E-state index is -5.91. The van der Waals surface area contributed by atoms with Gasteiger partial charge in [0.1, 0.15) is 0 Å². The van der Waals surface area contributed by atoms with Gasteiger partial charge < -0.3 is 11.5 Å². The van der Waals surface area contributed by atoms with Gasteiger partial charge in [-0.1, -0.05) is 60.7 Å². The van der Waals surface area contributed by atoms with E-state index in [1.807, 2.05) is 0 Å². The van der Waals surface area contributed by atoms with Gasteiger partial charge in [-0.15, -0.1) is 0 Å². The fourth-order valence-electron chi connectivity index (χ4n) is 4.46. The van der Waals surface area contributed by atoms with Crippen LogP contribution in [-0.4, -0.2) is 23.9 Å². The van der Waals surface area contributed by atoms with Crippen LogP contribution < -0.4 is 11.5 Å². The van der Waals surface area contributed by atoms with Gasteiger partial charge in [0.2, 0.25) is 5.41 Å². The molecule has 4 aromatic rings. The SMILES string of the molecule is Nc1cccc(C(=O)c2cccc(C(c3cccc(C(=O)c4cccc(N)c4)c3)(C(F)(F)F)C(F)(F)F)c2)c1. The molecule has 0 saturated heterocycles. The van der Waals surface area contributed by atoms with Crippen LogP contribution in [0.15, 0.2) is 97.1 Å². The Hall–Kier alpha value is -4.60. The molecule has 0 radical (unpaired) electrons. The third kappa shape index (κ3) is 4.97. The van der Waals surface area contributed by atoms with E-state index in [0.717, 1.165) is 24.3 Å². The van der Waals surface area contributed by atoms with Gasteiger partial charge in [0.15, 0.2) is 11.6 Å². The summed E-state index contributed by atoms with van der Waals surface area (Å²) in [5.74, 6) is -1.62. The Kier molecular flexibility index (Phi) is 6.99. The van der Waals surface area contributed by atoms with Gasteiger partial charge in [-0.25, -0.2) is 0 Å². The molecule has 0 aliphatic carbocycles. The van der Waals surface area contributed by atoms with Crippen LogP contribution in [0.3, 0.4) is 0 Å². The number of hydrogen-bond donors (Lipinski definition) is 2. The van der Waals surface area contributed by atoms with Gasteiger partial charge in [0.25, 0.3) is 0 Å². The van der Waals surface area contributed by atoms with E-state index in [1.165, 1.54) is 48.5 Å². The fourth-order valence-corrected chi connectivity index (χ4v) is 4.46. The summed E-state index contributed by atoms with van der Waals surface area (Å²) in [7, 11) is 0. The molecule has 0 heterocycles. The number of nitrogen functional groups attached to an aromatic ring is 2. The number of halogens is 6. The van der Waals surface area contributed by atoms with Crippen LogP contribution in [0.25, 0.3) is 0 Å². The molecular weight excluding hydrogens is 522 g/mol. The number of rotatable bonds is 6. The van der Waals surface area contributed by atoms with Crippen LogP contribution in [0.5, 0.6) is 0 Å². The third-order valence-electron chi connectivity index (χ3n) is 6.26. The Balaban J connectivity index is 1.93. The molecule has 0 aliphatic rings. The van der Waals surface area contributed by atoms with Crippen molar-refractivity contribution in [1.29, 1.82) is 0 Å². The van der Waals surface area contributed by atoms with Crippen molar-refractivity contribution in [3.63, 3.8) is 0 Å². The first-order chi connectivity index (χ1) is 18.3. The molecule has 4 nitrogen and oxygen atoms in total. The zero-order valence-electron chi connectivity index (χ0n) is 20.0. The van der Waals surface area contributed by atoms with Crippen molar-refractivity contribution >= 4 is 22.9 Å². The van der Waals surface area contributed by atoms with Gasteiger partial charge in [0, 0.05) is 33.6 Å². The van der Waals surface area contributed by atoms with Crippen LogP contribution in [0, 0.1) is 0 Å². The van der Waals surface area contributed by atoms with Crippen LogP contribution in [0.4, 0.5) is 37.7 Å². The van der Waals surface area contributed by atoms with Gasteiger partial charge >= 0.3 is 12.4 Å². The lowest BCUT2D eigenvalue weighted by atomic mass is 9.72. The van der Waals surface area contributed by atoms with Crippen molar-refractivity contribution in [2.75, 3.05) is 11.5 Å². The van der Waals surface area contributed by atoms with Gasteiger partial charge in [-0.3, -0.25) is 9.59 Å². The Labute approximate surface area is 218 Å². The molecule has 39 heavy (non-hydrogen) atoms. The summed E-state index contributed by atoms with van der Waals surface area (Å²) in [4.78, 5) is 25.9. The largest absolute Gasteiger partial charge is 0.411 e. The number of ketones is 2. The van der Waals surface area contributed by atoms with Crippen LogP contribution in [0.1, 0.15) is 43.0 Å². The highest BCUT2D eigenvalue weighted by molar-refractivity contribution is 6.10. The average Bonchev–Trinajstić information content (AvgIpc) is 2.87. The number of benzene rings is 4. The Morgan fingerprint density at radius 3 is 1.10 bits per heavy atom. The Morgan fingerprint density at radius 2 is 0.795 bits per heavy atom. The van der Waals surface area contributed by atoms with Gasteiger partial charge in [-0.05, 0) is 47.5 Å². The second-order valence-electron chi connectivity index (χ2n) is 8.82. The summed E-state index contributed by atoms with van der Waals surface area (Å²) in [6.07, 6.45) is -11.8. The molecule has 0 saturated carbocycles. The maximum atomic E-state index is 14.7. The van der Waals surface area contributed by atoms with Crippen LogP contribution in [-0.2, 0) is 5.41 Å². The standard InChI is InChI=1S/C29H20F6N2O2/c30-28(31,32)27(29(33,34)35,21-9-1-5-17(13-21)25(38)19-7-3-11-23(36)15-19)22-10-2-6-18(14-22)26(39)20-8-4-12-24(37)16-20/h1-16H,36-37H2. The first-order valence-electron chi connectivity index (χ1n) is 11.4.